The lowest BCUT2D eigenvalue weighted by Crippen LogP contribution is -2.38. The number of nitrogens with one attached hydrogen (secondary N) is 1. The number of phenolic OH excluding ortho intramolecular Hbond substituents is 1. The quantitative estimate of drug-likeness (QED) is 0.653. The van der Waals surface area contributed by atoms with Crippen LogP contribution in [-0.4, -0.2) is 34.1 Å². The maximum atomic E-state index is 9.53. The van der Waals surface area contributed by atoms with E-state index in [1.807, 2.05) is 50.0 Å². The van der Waals surface area contributed by atoms with Gasteiger partial charge in [0.05, 0.1) is 18.1 Å². The lowest BCUT2D eigenvalue weighted by Gasteiger charge is -2.22. The van der Waals surface area contributed by atoms with Crippen molar-refractivity contribution >= 4 is 17.6 Å². The minimum atomic E-state index is 0.259. The Morgan fingerprint density at radius 1 is 1.39 bits per heavy atom. The van der Waals surface area contributed by atoms with Crippen LogP contribution in [0.4, 0.5) is 0 Å². The second kappa shape index (κ2) is 7.92. The van der Waals surface area contributed by atoms with E-state index in [2.05, 4.69) is 15.2 Å². The van der Waals surface area contributed by atoms with Crippen LogP contribution in [0.2, 0.25) is 5.02 Å². The molecule has 0 aliphatic rings. The van der Waals surface area contributed by atoms with E-state index in [0.29, 0.717) is 13.1 Å². The summed E-state index contributed by atoms with van der Waals surface area (Å²) >= 11 is 6.04. The van der Waals surface area contributed by atoms with E-state index in [9.17, 15) is 5.11 Å². The van der Waals surface area contributed by atoms with E-state index in [-0.39, 0.29) is 5.75 Å². The zero-order chi connectivity index (χ0) is 16.8. The number of guanidine groups is 1. The molecule has 0 atom stereocenters. The van der Waals surface area contributed by atoms with E-state index in [1.54, 1.807) is 12.1 Å². The van der Waals surface area contributed by atoms with E-state index in [4.69, 9.17) is 11.6 Å². The molecular formula is C17H23ClN4O. The molecule has 0 fully saturated rings. The number of aromatic nitrogens is 1. The van der Waals surface area contributed by atoms with Crippen molar-refractivity contribution in [3.05, 3.63) is 52.8 Å². The third kappa shape index (κ3) is 4.93. The fourth-order valence-electron chi connectivity index (χ4n) is 2.33. The lowest BCUT2D eigenvalue weighted by molar-refractivity contribution is 0.461. The first kappa shape index (κ1) is 17.2. The van der Waals surface area contributed by atoms with Crippen LogP contribution in [0.3, 0.4) is 0 Å². The van der Waals surface area contributed by atoms with Gasteiger partial charge in [-0.1, -0.05) is 23.7 Å². The number of hydrogen-bond donors (Lipinski definition) is 2. The summed E-state index contributed by atoms with van der Waals surface area (Å²) in [6.07, 6.45) is 1.89. The van der Waals surface area contributed by atoms with Gasteiger partial charge in [-0.25, -0.2) is 4.99 Å². The van der Waals surface area contributed by atoms with Gasteiger partial charge in [-0.05, 0) is 30.7 Å². The van der Waals surface area contributed by atoms with Crippen molar-refractivity contribution in [2.75, 3.05) is 13.6 Å². The molecule has 0 saturated heterocycles. The molecule has 124 valence electrons. The topological polar surface area (TPSA) is 52.8 Å². The van der Waals surface area contributed by atoms with Gasteiger partial charge in [-0.15, -0.1) is 0 Å². The number of halogens is 1. The average Bonchev–Trinajstić information content (AvgIpc) is 2.81. The Balaban J connectivity index is 2.09. The molecule has 23 heavy (non-hydrogen) atoms. The van der Waals surface area contributed by atoms with Crippen LogP contribution in [-0.2, 0) is 20.1 Å². The summed E-state index contributed by atoms with van der Waals surface area (Å²) in [6.45, 7) is 4.04. The Morgan fingerprint density at radius 3 is 2.78 bits per heavy atom. The number of hydrogen-bond acceptors (Lipinski definition) is 2. The first-order valence-corrected chi connectivity index (χ1v) is 7.95. The van der Waals surface area contributed by atoms with E-state index in [0.717, 1.165) is 28.8 Å². The zero-order valence-electron chi connectivity index (χ0n) is 13.8. The van der Waals surface area contributed by atoms with Crippen molar-refractivity contribution in [2.24, 2.45) is 12.0 Å². The Hall–Kier alpha value is -2.14. The summed E-state index contributed by atoms with van der Waals surface area (Å²) < 4.78 is 2.01. The van der Waals surface area contributed by atoms with Gasteiger partial charge in [0.2, 0.25) is 0 Å². The molecule has 2 aromatic rings. The van der Waals surface area contributed by atoms with Crippen molar-refractivity contribution in [3.63, 3.8) is 0 Å². The van der Waals surface area contributed by atoms with Gasteiger partial charge in [0.1, 0.15) is 5.75 Å². The third-order valence-electron chi connectivity index (χ3n) is 3.49. The summed E-state index contributed by atoms with van der Waals surface area (Å²) in [5.41, 5.74) is 2.08. The van der Waals surface area contributed by atoms with Gasteiger partial charge < -0.3 is 19.9 Å². The first-order chi connectivity index (χ1) is 11.0. The third-order valence-corrected chi connectivity index (χ3v) is 3.70. The van der Waals surface area contributed by atoms with Crippen molar-refractivity contribution in [2.45, 2.75) is 20.0 Å². The van der Waals surface area contributed by atoms with Gasteiger partial charge >= 0.3 is 0 Å². The van der Waals surface area contributed by atoms with Crippen molar-refractivity contribution in [3.8, 4) is 5.75 Å². The Labute approximate surface area is 142 Å². The smallest absolute Gasteiger partial charge is 0.194 e. The largest absolute Gasteiger partial charge is 0.508 e. The molecule has 1 aromatic carbocycles. The number of benzene rings is 1. The number of rotatable bonds is 5. The monoisotopic (exact) mass is 334 g/mol. The van der Waals surface area contributed by atoms with Gasteiger partial charge in [0.15, 0.2) is 5.96 Å². The maximum Gasteiger partial charge on any atom is 0.194 e. The predicted octanol–water partition coefficient (Wildman–Crippen LogP) is 2.98. The van der Waals surface area contributed by atoms with Crippen molar-refractivity contribution < 1.29 is 5.11 Å². The van der Waals surface area contributed by atoms with Crippen LogP contribution >= 0.6 is 11.6 Å². The predicted molar refractivity (Wildman–Crippen MR) is 94.8 cm³/mol. The van der Waals surface area contributed by atoms with Crippen LogP contribution < -0.4 is 5.32 Å². The molecule has 0 spiro atoms. The molecule has 1 aromatic heterocycles. The number of aliphatic imine (C=N–C) groups is 1. The van der Waals surface area contributed by atoms with Gasteiger partial charge in [-0.3, -0.25) is 0 Å². The number of aromatic hydroxyl groups is 1. The molecule has 0 saturated carbocycles. The molecular weight excluding hydrogens is 312 g/mol. The van der Waals surface area contributed by atoms with Gasteiger partial charge in [0, 0.05) is 32.5 Å². The zero-order valence-corrected chi connectivity index (χ0v) is 14.5. The summed E-state index contributed by atoms with van der Waals surface area (Å²) in [5.74, 6) is 1.07. The van der Waals surface area contributed by atoms with Crippen LogP contribution in [0, 0.1) is 0 Å². The minimum absolute atomic E-state index is 0.259. The minimum Gasteiger partial charge on any atom is -0.508 e. The number of aryl methyl sites for hydroxylation is 1. The highest BCUT2D eigenvalue weighted by molar-refractivity contribution is 6.30. The highest BCUT2D eigenvalue weighted by Gasteiger charge is 2.09. The van der Waals surface area contributed by atoms with Crippen molar-refractivity contribution in [1.29, 1.82) is 0 Å². The van der Waals surface area contributed by atoms with Crippen LogP contribution in [0.5, 0.6) is 5.75 Å². The Kier molecular flexibility index (Phi) is 5.93. The van der Waals surface area contributed by atoms with E-state index in [1.165, 1.54) is 0 Å². The molecule has 0 amide bonds. The SMILES string of the molecule is CCNC(=NCc1cccc(O)c1)N(C)Cc1cc(Cl)cn1C. The van der Waals surface area contributed by atoms with Crippen molar-refractivity contribution in [1.82, 2.24) is 14.8 Å². The molecule has 2 N–H and O–H groups in total. The second-order valence-electron chi connectivity index (χ2n) is 5.46. The van der Waals surface area contributed by atoms with Crippen LogP contribution in [0.15, 0.2) is 41.5 Å². The normalized spacial score (nSPS) is 11.6. The molecule has 0 aliphatic carbocycles. The second-order valence-corrected chi connectivity index (χ2v) is 5.89. The Morgan fingerprint density at radius 2 is 2.17 bits per heavy atom. The Bertz CT molecular complexity index is 681. The molecule has 5 nitrogen and oxygen atoms in total. The summed E-state index contributed by atoms with van der Waals surface area (Å²) in [4.78, 5) is 6.69. The first-order valence-electron chi connectivity index (χ1n) is 7.57. The highest BCUT2D eigenvalue weighted by Crippen LogP contribution is 2.15. The maximum absolute atomic E-state index is 9.53. The van der Waals surface area contributed by atoms with E-state index >= 15 is 0 Å². The highest BCUT2D eigenvalue weighted by atomic mass is 35.5. The molecule has 0 unspecified atom stereocenters. The van der Waals surface area contributed by atoms with E-state index < -0.39 is 0 Å². The summed E-state index contributed by atoms with van der Waals surface area (Å²) in [5, 5.41) is 13.5. The standard InChI is InChI=1S/C17H23ClN4O/c1-4-19-17(20-10-13-6-5-7-16(23)8-13)22(3)12-15-9-14(18)11-21(15)2/h5-9,11,23H,4,10,12H2,1-3H3,(H,19,20). The van der Waals surface area contributed by atoms with Gasteiger partial charge in [0.25, 0.3) is 0 Å². The molecule has 0 radical (unpaired) electrons. The lowest BCUT2D eigenvalue weighted by atomic mass is 10.2. The molecule has 2 rings (SSSR count). The number of nitrogens with zero attached hydrogens (tertiary/aromatic N) is 3. The fourth-order valence-corrected chi connectivity index (χ4v) is 2.60. The number of phenols is 1. The summed E-state index contributed by atoms with van der Waals surface area (Å²) in [6, 6.07) is 9.11. The average molecular weight is 335 g/mol. The molecule has 6 heteroatoms. The fraction of sp³-hybridized carbons (Fsp3) is 0.353. The van der Waals surface area contributed by atoms with Crippen LogP contribution in [0.25, 0.3) is 0 Å². The summed E-state index contributed by atoms with van der Waals surface area (Å²) in [7, 11) is 3.97. The molecule has 0 bridgehead atoms. The van der Waals surface area contributed by atoms with Crippen LogP contribution in [0.1, 0.15) is 18.2 Å². The molecule has 0 aliphatic heterocycles. The molecule has 1 heterocycles. The van der Waals surface area contributed by atoms with Gasteiger partial charge in [-0.2, -0.15) is 0 Å².